The van der Waals surface area contributed by atoms with Crippen molar-refractivity contribution in [2.45, 2.75) is 6.18 Å². The lowest BCUT2D eigenvalue weighted by molar-refractivity contribution is -0.137. The standard InChI is InChI=1S/C15H11F3N2OS/c16-15(17,18)12-7-2-1-5-11(12)6-3-9-19-14(21)20-13-8-4-10-22-13/h1-2,4-5,7-8,10H,9H2,(H2,19,20,21). The van der Waals surface area contributed by atoms with E-state index in [1.165, 1.54) is 29.5 Å². The number of hydrogen-bond donors (Lipinski definition) is 2. The number of anilines is 1. The van der Waals surface area contributed by atoms with Crippen molar-refractivity contribution >= 4 is 22.4 Å². The molecule has 114 valence electrons. The third kappa shape index (κ3) is 4.53. The Bertz CT molecular complexity index is 700. The Labute approximate surface area is 129 Å². The zero-order chi connectivity index (χ0) is 16.0. The van der Waals surface area contributed by atoms with Crippen molar-refractivity contribution in [1.82, 2.24) is 5.32 Å². The monoisotopic (exact) mass is 324 g/mol. The molecule has 22 heavy (non-hydrogen) atoms. The van der Waals surface area contributed by atoms with E-state index in [1.807, 2.05) is 5.38 Å². The molecule has 2 N–H and O–H groups in total. The molecular formula is C15H11F3N2OS. The highest BCUT2D eigenvalue weighted by Gasteiger charge is 2.32. The number of alkyl halides is 3. The van der Waals surface area contributed by atoms with Crippen LogP contribution in [0, 0.1) is 11.8 Å². The average molecular weight is 324 g/mol. The molecule has 0 atom stereocenters. The first-order chi connectivity index (χ1) is 10.5. The van der Waals surface area contributed by atoms with Gasteiger partial charge >= 0.3 is 12.2 Å². The molecule has 0 aliphatic heterocycles. The van der Waals surface area contributed by atoms with Gasteiger partial charge in [-0.05, 0) is 29.6 Å². The van der Waals surface area contributed by atoms with Crippen molar-refractivity contribution in [2.24, 2.45) is 0 Å². The zero-order valence-corrected chi connectivity index (χ0v) is 12.0. The summed E-state index contributed by atoms with van der Waals surface area (Å²) < 4.78 is 38.3. The van der Waals surface area contributed by atoms with Gasteiger partial charge in [0.2, 0.25) is 0 Å². The first kappa shape index (κ1) is 15.9. The van der Waals surface area contributed by atoms with Crippen LogP contribution in [0.3, 0.4) is 0 Å². The van der Waals surface area contributed by atoms with Crippen molar-refractivity contribution in [3.8, 4) is 11.8 Å². The molecule has 7 heteroatoms. The van der Waals surface area contributed by atoms with Crippen molar-refractivity contribution in [3.63, 3.8) is 0 Å². The maximum absolute atomic E-state index is 12.8. The van der Waals surface area contributed by atoms with Gasteiger partial charge in [0.1, 0.15) is 0 Å². The second-order valence-corrected chi connectivity index (χ2v) is 5.08. The zero-order valence-electron chi connectivity index (χ0n) is 11.2. The maximum Gasteiger partial charge on any atom is 0.417 e. The number of benzene rings is 1. The number of urea groups is 1. The summed E-state index contributed by atoms with van der Waals surface area (Å²) in [5.74, 6) is 4.93. The topological polar surface area (TPSA) is 41.1 Å². The smallest absolute Gasteiger partial charge is 0.327 e. The number of hydrogen-bond acceptors (Lipinski definition) is 2. The van der Waals surface area contributed by atoms with Gasteiger partial charge in [-0.3, -0.25) is 5.32 Å². The van der Waals surface area contributed by atoms with Gasteiger partial charge in [0.25, 0.3) is 0 Å². The summed E-state index contributed by atoms with van der Waals surface area (Å²) in [4.78, 5) is 11.5. The lowest BCUT2D eigenvalue weighted by Gasteiger charge is -2.08. The van der Waals surface area contributed by atoms with Crippen molar-refractivity contribution in [1.29, 1.82) is 0 Å². The molecular weight excluding hydrogens is 313 g/mol. The van der Waals surface area contributed by atoms with Crippen molar-refractivity contribution < 1.29 is 18.0 Å². The van der Waals surface area contributed by atoms with Gasteiger partial charge in [0, 0.05) is 5.56 Å². The molecule has 0 fully saturated rings. The number of carbonyl (C=O) groups excluding carboxylic acids is 1. The lowest BCUT2D eigenvalue weighted by Crippen LogP contribution is -2.28. The highest BCUT2D eigenvalue weighted by molar-refractivity contribution is 7.14. The van der Waals surface area contributed by atoms with Crippen molar-refractivity contribution in [3.05, 3.63) is 52.9 Å². The number of amides is 2. The van der Waals surface area contributed by atoms with E-state index in [9.17, 15) is 18.0 Å². The van der Waals surface area contributed by atoms with Gasteiger partial charge in [-0.1, -0.05) is 24.0 Å². The molecule has 0 saturated heterocycles. The van der Waals surface area contributed by atoms with E-state index >= 15 is 0 Å². The second-order valence-electron chi connectivity index (χ2n) is 4.13. The molecule has 0 aliphatic carbocycles. The summed E-state index contributed by atoms with van der Waals surface area (Å²) in [6, 6.07) is 8.11. The quantitative estimate of drug-likeness (QED) is 0.807. The van der Waals surface area contributed by atoms with E-state index in [2.05, 4.69) is 22.5 Å². The van der Waals surface area contributed by atoms with Gasteiger partial charge in [-0.25, -0.2) is 4.79 Å². The van der Waals surface area contributed by atoms with Crippen LogP contribution in [-0.4, -0.2) is 12.6 Å². The Morgan fingerprint density at radius 2 is 1.95 bits per heavy atom. The average Bonchev–Trinajstić information content (AvgIpc) is 2.96. The molecule has 3 nitrogen and oxygen atoms in total. The Kier molecular flexibility index (Phi) is 5.07. The molecule has 0 radical (unpaired) electrons. The van der Waals surface area contributed by atoms with E-state index in [1.54, 1.807) is 12.1 Å². The molecule has 1 heterocycles. The highest BCUT2D eigenvalue weighted by Crippen LogP contribution is 2.31. The molecule has 1 aromatic heterocycles. The summed E-state index contributed by atoms with van der Waals surface area (Å²) >= 11 is 1.36. The predicted molar refractivity (Wildman–Crippen MR) is 79.7 cm³/mol. The van der Waals surface area contributed by atoms with Gasteiger partial charge < -0.3 is 5.32 Å². The third-order valence-corrected chi connectivity index (χ3v) is 3.34. The molecule has 1 aromatic carbocycles. The van der Waals surface area contributed by atoms with Gasteiger partial charge in [-0.2, -0.15) is 13.2 Å². The summed E-state index contributed by atoms with van der Waals surface area (Å²) in [7, 11) is 0. The fourth-order valence-electron chi connectivity index (χ4n) is 1.61. The van der Waals surface area contributed by atoms with E-state index < -0.39 is 17.8 Å². The van der Waals surface area contributed by atoms with Crippen LogP contribution in [0.15, 0.2) is 41.8 Å². The van der Waals surface area contributed by atoms with Gasteiger partial charge in [-0.15, -0.1) is 11.3 Å². The summed E-state index contributed by atoms with van der Waals surface area (Å²) in [5, 5.41) is 7.51. The minimum absolute atomic E-state index is 0.0522. The van der Waals surface area contributed by atoms with Gasteiger partial charge in [0.15, 0.2) is 0 Å². The van der Waals surface area contributed by atoms with E-state index in [4.69, 9.17) is 0 Å². The molecule has 0 aliphatic rings. The van der Waals surface area contributed by atoms with Crippen LogP contribution in [-0.2, 0) is 6.18 Å². The van der Waals surface area contributed by atoms with E-state index in [0.29, 0.717) is 5.00 Å². The molecule has 0 spiro atoms. The largest absolute Gasteiger partial charge is 0.417 e. The fourth-order valence-corrected chi connectivity index (χ4v) is 2.22. The number of rotatable bonds is 2. The van der Waals surface area contributed by atoms with Crippen LogP contribution in [0.2, 0.25) is 0 Å². The number of halogens is 3. The third-order valence-electron chi connectivity index (χ3n) is 2.55. The Morgan fingerprint density at radius 1 is 1.18 bits per heavy atom. The second kappa shape index (κ2) is 7.00. The first-order valence-electron chi connectivity index (χ1n) is 6.20. The van der Waals surface area contributed by atoms with Crippen molar-refractivity contribution in [2.75, 3.05) is 11.9 Å². The Morgan fingerprint density at radius 3 is 2.64 bits per heavy atom. The lowest BCUT2D eigenvalue weighted by atomic mass is 10.1. The summed E-state index contributed by atoms with van der Waals surface area (Å²) in [6.07, 6.45) is -4.45. The van der Waals surface area contributed by atoms with Crippen LogP contribution in [0.4, 0.5) is 23.0 Å². The first-order valence-corrected chi connectivity index (χ1v) is 7.08. The molecule has 0 unspecified atom stereocenters. The van der Waals surface area contributed by atoms with Crippen LogP contribution in [0.5, 0.6) is 0 Å². The normalized spacial score (nSPS) is 10.5. The number of carbonyl (C=O) groups is 1. The molecule has 0 saturated carbocycles. The van der Waals surface area contributed by atoms with Crippen LogP contribution in [0.25, 0.3) is 0 Å². The number of thiophene rings is 1. The number of nitrogens with one attached hydrogen (secondary N) is 2. The van der Waals surface area contributed by atoms with E-state index in [0.717, 1.165) is 6.07 Å². The minimum atomic E-state index is -4.45. The molecule has 2 aromatic rings. The Balaban J connectivity index is 1.93. The highest BCUT2D eigenvalue weighted by atomic mass is 32.1. The Hall–Kier alpha value is -2.46. The molecule has 2 rings (SSSR count). The van der Waals surface area contributed by atoms with Crippen LogP contribution < -0.4 is 10.6 Å². The SMILES string of the molecule is O=C(NCC#Cc1ccccc1C(F)(F)F)Nc1cccs1. The van der Waals surface area contributed by atoms with E-state index in [-0.39, 0.29) is 12.1 Å². The van der Waals surface area contributed by atoms with Crippen LogP contribution >= 0.6 is 11.3 Å². The molecule has 0 bridgehead atoms. The maximum atomic E-state index is 12.8. The fraction of sp³-hybridized carbons (Fsp3) is 0.133. The predicted octanol–water partition coefficient (Wildman–Crippen LogP) is 3.94. The minimum Gasteiger partial charge on any atom is -0.327 e. The van der Waals surface area contributed by atoms with Crippen LogP contribution in [0.1, 0.15) is 11.1 Å². The summed E-state index contributed by atoms with van der Waals surface area (Å²) in [5.41, 5.74) is -0.902. The van der Waals surface area contributed by atoms with Gasteiger partial charge in [0.05, 0.1) is 17.1 Å². The molecule has 2 amide bonds. The summed E-state index contributed by atoms with van der Waals surface area (Å²) in [6.45, 7) is -0.0522.